The van der Waals surface area contributed by atoms with E-state index in [2.05, 4.69) is 26.2 Å². The molecule has 3 aromatic carbocycles. The van der Waals surface area contributed by atoms with Gasteiger partial charge in [0, 0.05) is 21.0 Å². The third-order valence-electron chi connectivity index (χ3n) is 7.18. The summed E-state index contributed by atoms with van der Waals surface area (Å²) in [5.41, 5.74) is 2.02. The molecule has 3 unspecified atom stereocenters. The minimum Gasteiger partial charge on any atom is -0.484 e. The van der Waals surface area contributed by atoms with E-state index in [1.54, 1.807) is 73.7 Å². The number of carbonyl (C=O) groups excluding carboxylic acids is 4. The summed E-state index contributed by atoms with van der Waals surface area (Å²) < 4.78 is 11.6. The van der Waals surface area contributed by atoms with E-state index < -0.39 is 29.0 Å². The third-order valence-corrected chi connectivity index (χ3v) is 10.1. The molecule has 6 rings (SSSR count). The van der Waals surface area contributed by atoms with Crippen molar-refractivity contribution in [1.29, 1.82) is 0 Å². The number of nitrogens with zero attached hydrogens (tertiary/aromatic N) is 1. The Bertz CT molecular complexity index is 1820. The Hall–Kier alpha value is -4.20. The first-order valence-corrected chi connectivity index (χ1v) is 16.0. The van der Waals surface area contributed by atoms with Crippen LogP contribution in [-0.4, -0.2) is 47.1 Å². The molecule has 0 bridgehead atoms. The first kappa shape index (κ1) is 29.9. The summed E-state index contributed by atoms with van der Waals surface area (Å²) in [4.78, 5) is 68.8. The minimum absolute atomic E-state index is 0.266. The zero-order valence-electron chi connectivity index (χ0n) is 23.1. The summed E-state index contributed by atoms with van der Waals surface area (Å²) >= 11 is 5.62. The van der Waals surface area contributed by atoms with Gasteiger partial charge in [-0.05, 0) is 73.2 Å². The maximum atomic E-state index is 13.9. The monoisotopic (exact) mass is 693 g/mol. The molecule has 3 atom stereocenters. The average Bonchev–Trinajstić information content (AvgIpc) is 3.51. The van der Waals surface area contributed by atoms with Gasteiger partial charge in [-0.15, -0.1) is 0 Å². The molecule has 1 fully saturated rings. The number of carbonyl (C=O) groups is 4. The number of amides is 3. The van der Waals surface area contributed by atoms with Crippen LogP contribution in [0.1, 0.15) is 33.6 Å². The molecule has 2 aliphatic rings. The second-order valence-electron chi connectivity index (χ2n) is 9.95. The summed E-state index contributed by atoms with van der Waals surface area (Å²) in [6.07, 6.45) is 0. The van der Waals surface area contributed by atoms with Crippen LogP contribution in [0.15, 0.2) is 87.1 Å². The van der Waals surface area contributed by atoms with Gasteiger partial charge in [0.15, 0.2) is 6.61 Å². The van der Waals surface area contributed by atoms with Crippen molar-refractivity contribution in [1.82, 2.24) is 4.98 Å². The van der Waals surface area contributed by atoms with Crippen molar-refractivity contribution in [2.75, 3.05) is 23.4 Å². The van der Waals surface area contributed by atoms with Crippen LogP contribution in [0.2, 0.25) is 0 Å². The van der Waals surface area contributed by atoms with E-state index >= 15 is 0 Å². The Morgan fingerprint density at radius 3 is 2.48 bits per heavy atom. The first-order chi connectivity index (χ1) is 21.2. The second kappa shape index (κ2) is 12.4. The number of imide groups is 1. The Morgan fingerprint density at radius 1 is 1.00 bits per heavy atom. The number of halogens is 1. The van der Waals surface area contributed by atoms with E-state index in [4.69, 9.17) is 9.47 Å². The van der Waals surface area contributed by atoms with Crippen molar-refractivity contribution in [2.24, 2.45) is 5.92 Å². The van der Waals surface area contributed by atoms with Crippen LogP contribution in [0.5, 0.6) is 5.75 Å². The molecule has 1 aromatic heterocycles. The van der Waals surface area contributed by atoms with E-state index in [1.165, 1.54) is 16.7 Å². The number of thiazole rings is 1. The van der Waals surface area contributed by atoms with Gasteiger partial charge in [-0.2, -0.15) is 0 Å². The number of aromatic nitrogens is 1. The first-order valence-electron chi connectivity index (χ1n) is 13.6. The molecule has 10 nitrogen and oxygen atoms in total. The molecule has 0 saturated carbocycles. The summed E-state index contributed by atoms with van der Waals surface area (Å²) in [6, 6.07) is 20.3. The van der Waals surface area contributed by atoms with Crippen molar-refractivity contribution in [2.45, 2.75) is 23.1 Å². The van der Waals surface area contributed by atoms with Crippen LogP contribution in [0, 0.1) is 5.92 Å². The van der Waals surface area contributed by atoms with E-state index in [9.17, 15) is 24.0 Å². The predicted octanol–water partition coefficient (Wildman–Crippen LogP) is 5.19. The van der Waals surface area contributed by atoms with Gasteiger partial charge in [0.25, 0.3) is 5.91 Å². The number of H-pyrrole nitrogens is 1. The number of rotatable bonds is 8. The molecule has 2 N–H and O–H groups in total. The maximum Gasteiger partial charge on any atom is 0.338 e. The van der Waals surface area contributed by atoms with Crippen LogP contribution >= 0.6 is 39.0 Å². The quantitative estimate of drug-likeness (QED) is 0.190. The third kappa shape index (κ3) is 5.82. The van der Waals surface area contributed by atoms with Gasteiger partial charge in [-0.3, -0.25) is 19.2 Å². The van der Waals surface area contributed by atoms with E-state index in [0.29, 0.717) is 38.2 Å². The van der Waals surface area contributed by atoms with Crippen molar-refractivity contribution in [3.63, 3.8) is 0 Å². The lowest BCUT2D eigenvalue weighted by Gasteiger charge is -2.30. The molecule has 0 radical (unpaired) electrons. The van der Waals surface area contributed by atoms with Crippen LogP contribution < -0.4 is 19.8 Å². The molecular weight excluding hydrogens is 670 g/mol. The molecule has 2 aliphatic heterocycles. The summed E-state index contributed by atoms with van der Waals surface area (Å²) in [6.45, 7) is 1.69. The van der Waals surface area contributed by atoms with Crippen LogP contribution in [0.4, 0.5) is 11.4 Å². The SMILES string of the molecule is CCOC(=O)c1ccc(NC(=O)COc2cccc(C3c4sc(=O)[nH]c4SC4C(=O)N(c5ccc(Br)cc5)C(=O)C43)c2)cc1. The summed E-state index contributed by atoms with van der Waals surface area (Å²) in [5.74, 6) is -2.48. The molecule has 4 aromatic rings. The van der Waals surface area contributed by atoms with Gasteiger partial charge in [0.2, 0.25) is 11.8 Å². The van der Waals surface area contributed by atoms with Gasteiger partial charge < -0.3 is 19.8 Å². The Morgan fingerprint density at radius 2 is 1.75 bits per heavy atom. The fraction of sp³-hybridized carbons (Fsp3) is 0.194. The molecule has 0 spiro atoms. The fourth-order valence-electron chi connectivity index (χ4n) is 5.27. The fourth-order valence-corrected chi connectivity index (χ4v) is 8.05. The van der Waals surface area contributed by atoms with Gasteiger partial charge in [0.1, 0.15) is 11.0 Å². The van der Waals surface area contributed by atoms with Gasteiger partial charge in [0.05, 0.1) is 28.8 Å². The second-order valence-corrected chi connectivity index (χ2v) is 13.0. The minimum atomic E-state index is -0.744. The van der Waals surface area contributed by atoms with Crippen LogP contribution in [-0.2, 0) is 19.1 Å². The number of aromatic amines is 1. The molecule has 3 heterocycles. The molecule has 224 valence electrons. The molecule has 1 saturated heterocycles. The number of anilines is 2. The number of esters is 1. The highest BCUT2D eigenvalue weighted by molar-refractivity contribution is 9.10. The van der Waals surface area contributed by atoms with Gasteiger partial charge >= 0.3 is 10.8 Å². The number of hydrogen-bond donors (Lipinski definition) is 2. The van der Waals surface area contributed by atoms with Crippen LogP contribution in [0.3, 0.4) is 0 Å². The Kier molecular flexibility index (Phi) is 8.43. The zero-order chi connectivity index (χ0) is 31.0. The maximum absolute atomic E-state index is 13.9. The highest BCUT2D eigenvalue weighted by atomic mass is 79.9. The van der Waals surface area contributed by atoms with Gasteiger partial charge in [-0.25, -0.2) is 9.69 Å². The number of thioether (sulfide) groups is 1. The number of benzene rings is 3. The summed E-state index contributed by atoms with van der Waals surface area (Å²) in [7, 11) is 0. The van der Waals surface area contributed by atoms with Crippen molar-refractivity contribution >= 4 is 74.1 Å². The molecule has 13 heteroatoms. The average molecular weight is 695 g/mol. The number of fused-ring (bicyclic) bond motifs is 2. The van der Waals surface area contributed by atoms with Gasteiger partial charge in [-0.1, -0.05) is 51.2 Å². The highest BCUT2D eigenvalue weighted by Crippen LogP contribution is 2.53. The largest absolute Gasteiger partial charge is 0.484 e. The molecular formula is C31H24BrN3O7S2. The van der Waals surface area contributed by atoms with E-state index in [-0.39, 0.29) is 29.9 Å². The number of hydrogen-bond acceptors (Lipinski definition) is 9. The highest BCUT2D eigenvalue weighted by Gasteiger charge is 2.56. The smallest absolute Gasteiger partial charge is 0.338 e. The number of nitrogens with one attached hydrogen (secondary N) is 2. The number of ether oxygens (including phenoxy) is 2. The molecule has 44 heavy (non-hydrogen) atoms. The Labute approximate surface area is 267 Å². The van der Waals surface area contributed by atoms with Crippen LogP contribution in [0.25, 0.3) is 0 Å². The topological polar surface area (TPSA) is 135 Å². The van der Waals surface area contributed by atoms with Crippen molar-refractivity contribution in [3.05, 3.63) is 103 Å². The van der Waals surface area contributed by atoms with E-state index in [1.807, 2.05) is 6.07 Å². The van der Waals surface area contributed by atoms with E-state index in [0.717, 1.165) is 15.8 Å². The Balaban J connectivity index is 1.21. The molecule has 0 aliphatic carbocycles. The summed E-state index contributed by atoms with van der Waals surface area (Å²) in [5, 5.41) is 2.57. The molecule has 3 amide bonds. The lowest BCUT2D eigenvalue weighted by atomic mass is 9.83. The standard InChI is InChI=1S/C31H24BrN3O7S2/c1-2-41-30(39)16-6-10-19(11-7-16)33-22(36)15-42-21-5-3-4-17(14-21)23-24-26(43-27-25(23)44-31(40)34-27)29(38)35(28(24)37)20-12-8-18(32)9-13-20/h3-14,23-24,26H,2,15H2,1H3,(H,33,36)(H,34,40). The lowest BCUT2D eigenvalue weighted by Crippen LogP contribution is -2.32. The normalized spacial score (nSPS) is 18.9. The zero-order valence-corrected chi connectivity index (χ0v) is 26.3. The lowest BCUT2D eigenvalue weighted by molar-refractivity contribution is -0.122. The van der Waals surface area contributed by atoms with Crippen molar-refractivity contribution in [3.8, 4) is 5.75 Å². The predicted molar refractivity (Wildman–Crippen MR) is 170 cm³/mol. The van der Waals surface area contributed by atoms with Crippen molar-refractivity contribution < 1.29 is 28.7 Å².